The van der Waals surface area contributed by atoms with Crippen molar-refractivity contribution < 1.29 is 9.47 Å². The van der Waals surface area contributed by atoms with Crippen molar-refractivity contribution >= 4 is 0 Å². The molecule has 1 atom stereocenters. The van der Waals surface area contributed by atoms with Gasteiger partial charge in [0.15, 0.2) is 11.5 Å². The summed E-state index contributed by atoms with van der Waals surface area (Å²) in [6.07, 6.45) is 4.97. The van der Waals surface area contributed by atoms with Gasteiger partial charge in [0.1, 0.15) is 5.82 Å². The van der Waals surface area contributed by atoms with E-state index in [1.165, 1.54) is 5.56 Å². The first kappa shape index (κ1) is 17.4. The number of imidazole rings is 1. The molecule has 1 aromatic heterocycles. The normalized spacial score (nSPS) is 19.0. The molecular weight excluding hydrogens is 328 g/mol. The van der Waals surface area contributed by atoms with Crippen LogP contribution in [0, 0.1) is 5.92 Å². The number of nitrogens with zero attached hydrogens (tertiary/aromatic N) is 4. The van der Waals surface area contributed by atoms with Gasteiger partial charge in [-0.05, 0) is 30.0 Å². The smallest absolute Gasteiger partial charge is 0.231 e. The van der Waals surface area contributed by atoms with Crippen LogP contribution in [0.2, 0.25) is 0 Å². The van der Waals surface area contributed by atoms with E-state index in [1.807, 2.05) is 18.5 Å². The first-order valence-electron chi connectivity index (χ1n) is 9.47. The largest absolute Gasteiger partial charge is 0.454 e. The van der Waals surface area contributed by atoms with E-state index < -0.39 is 0 Å². The molecule has 0 amide bonds. The number of benzene rings is 1. The lowest BCUT2D eigenvalue weighted by molar-refractivity contribution is 0.112. The lowest BCUT2D eigenvalue weighted by Crippen LogP contribution is -2.47. The van der Waals surface area contributed by atoms with E-state index in [0.29, 0.717) is 12.7 Å². The maximum atomic E-state index is 5.49. The highest BCUT2D eigenvalue weighted by atomic mass is 16.7. The number of rotatable bonds is 6. The molecule has 0 bridgehead atoms. The van der Waals surface area contributed by atoms with Gasteiger partial charge in [-0.25, -0.2) is 4.98 Å². The van der Waals surface area contributed by atoms with Crippen LogP contribution in [-0.2, 0) is 20.0 Å². The number of aromatic nitrogens is 2. The third kappa shape index (κ3) is 4.02. The first-order valence-corrected chi connectivity index (χ1v) is 9.47. The number of fused-ring (bicyclic) bond motifs is 1. The first-order chi connectivity index (χ1) is 12.7. The van der Waals surface area contributed by atoms with Crippen molar-refractivity contribution in [1.29, 1.82) is 0 Å². The van der Waals surface area contributed by atoms with Gasteiger partial charge < -0.3 is 18.9 Å². The summed E-state index contributed by atoms with van der Waals surface area (Å²) in [5, 5.41) is 0. The fourth-order valence-electron chi connectivity index (χ4n) is 3.85. The van der Waals surface area contributed by atoms with Crippen molar-refractivity contribution in [1.82, 2.24) is 19.4 Å². The van der Waals surface area contributed by atoms with Crippen molar-refractivity contribution in [2.24, 2.45) is 13.0 Å². The Labute approximate surface area is 155 Å². The zero-order chi connectivity index (χ0) is 17.9. The molecule has 0 radical (unpaired) electrons. The molecule has 2 aliphatic heterocycles. The van der Waals surface area contributed by atoms with E-state index in [1.54, 1.807) is 0 Å². The second kappa shape index (κ2) is 7.68. The van der Waals surface area contributed by atoms with Crippen molar-refractivity contribution in [3.8, 4) is 11.5 Å². The molecule has 0 N–H and O–H groups in total. The summed E-state index contributed by atoms with van der Waals surface area (Å²) in [5.74, 6) is 3.52. The van der Waals surface area contributed by atoms with E-state index in [-0.39, 0.29) is 0 Å². The number of ether oxygens (including phenoxy) is 2. The van der Waals surface area contributed by atoms with E-state index in [0.717, 1.165) is 63.0 Å². The Kier molecular flexibility index (Phi) is 5.13. The average Bonchev–Trinajstić information content (AvgIpc) is 3.25. The zero-order valence-corrected chi connectivity index (χ0v) is 15.7. The molecule has 0 saturated carbocycles. The molecule has 0 unspecified atom stereocenters. The molecule has 140 valence electrons. The molecule has 1 aromatic carbocycles. The van der Waals surface area contributed by atoms with Crippen LogP contribution in [-0.4, -0.2) is 58.9 Å². The summed E-state index contributed by atoms with van der Waals surface area (Å²) in [6, 6.07) is 6.32. The predicted octanol–water partition coefficient (Wildman–Crippen LogP) is 2.15. The van der Waals surface area contributed by atoms with Crippen LogP contribution in [0.5, 0.6) is 11.5 Å². The third-order valence-corrected chi connectivity index (χ3v) is 5.34. The van der Waals surface area contributed by atoms with Gasteiger partial charge in [-0.2, -0.15) is 0 Å². The highest BCUT2D eigenvalue weighted by Crippen LogP contribution is 2.33. The summed E-state index contributed by atoms with van der Waals surface area (Å²) in [6.45, 7) is 9.27. The van der Waals surface area contributed by atoms with Crippen molar-refractivity contribution in [3.63, 3.8) is 0 Å². The van der Waals surface area contributed by atoms with E-state index >= 15 is 0 Å². The second-order valence-electron chi connectivity index (χ2n) is 7.53. The molecule has 1 saturated heterocycles. The van der Waals surface area contributed by atoms with Crippen LogP contribution in [0.25, 0.3) is 0 Å². The lowest BCUT2D eigenvalue weighted by atomic mass is 10.00. The SMILES string of the molecule is C[C@H](Cc1ccc2c(c1)OCO2)CN1CCN(Cc2nccn2C)CC1. The molecule has 6 nitrogen and oxygen atoms in total. The molecule has 1 fully saturated rings. The number of piperazine rings is 1. The minimum atomic E-state index is 0.344. The third-order valence-electron chi connectivity index (χ3n) is 5.34. The lowest BCUT2D eigenvalue weighted by Gasteiger charge is -2.35. The minimum Gasteiger partial charge on any atom is -0.454 e. The van der Waals surface area contributed by atoms with Gasteiger partial charge in [-0.3, -0.25) is 4.90 Å². The molecule has 0 spiro atoms. The molecule has 26 heavy (non-hydrogen) atoms. The topological polar surface area (TPSA) is 42.8 Å². The fraction of sp³-hybridized carbons (Fsp3) is 0.550. The Balaban J connectivity index is 1.23. The van der Waals surface area contributed by atoms with Crippen LogP contribution >= 0.6 is 0 Å². The van der Waals surface area contributed by atoms with Gasteiger partial charge in [-0.15, -0.1) is 0 Å². The van der Waals surface area contributed by atoms with Crippen molar-refractivity contribution in [2.75, 3.05) is 39.5 Å². The van der Waals surface area contributed by atoms with E-state index in [2.05, 4.69) is 45.5 Å². The standard InChI is InChI=1S/C20H28N4O2/c1-16(11-17-3-4-18-19(12-17)26-15-25-18)13-23-7-9-24(10-8-23)14-20-21-5-6-22(20)2/h3-6,12,16H,7-11,13-15H2,1-2H3/t16-/m1/s1. The maximum Gasteiger partial charge on any atom is 0.231 e. The van der Waals surface area contributed by atoms with Gasteiger partial charge in [0.05, 0.1) is 6.54 Å². The van der Waals surface area contributed by atoms with Crippen LogP contribution in [0.4, 0.5) is 0 Å². The van der Waals surface area contributed by atoms with Gasteiger partial charge in [0.2, 0.25) is 6.79 Å². The number of hydrogen-bond donors (Lipinski definition) is 0. The fourth-order valence-corrected chi connectivity index (χ4v) is 3.85. The Hall–Kier alpha value is -2.05. The zero-order valence-electron chi connectivity index (χ0n) is 15.7. The van der Waals surface area contributed by atoms with Crippen molar-refractivity contribution in [2.45, 2.75) is 19.9 Å². The molecular formula is C20H28N4O2. The van der Waals surface area contributed by atoms with Crippen LogP contribution in [0.3, 0.4) is 0 Å². The molecule has 6 heteroatoms. The predicted molar refractivity (Wildman–Crippen MR) is 100 cm³/mol. The molecule has 2 aliphatic rings. The maximum absolute atomic E-state index is 5.49. The Bertz CT molecular complexity index is 737. The highest BCUT2D eigenvalue weighted by Gasteiger charge is 2.20. The number of aryl methyl sites for hydroxylation is 1. The second-order valence-corrected chi connectivity index (χ2v) is 7.53. The Morgan fingerprint density at radius 3 is 2.62 bits per heavy atom. The van der Waals surface area contributed by atoms with Gasteiger partial charge in [-0.1, -0.05) is 13.0 Å². The Morgan fingerprint density at radius 1 is 1.08 bits per heavy atom. The van der Waals surface area contributed by atoms with Crippen LogP contribution < -0.4 is 9.47 Å². The molecule has 4 rings (SSSR count). The summed E-state index contributed by atoms with van der Waals surface area (Å²) in [4.78, 5) is 9.53. The van der Waals surface area contributed by atoms with E-state index in [9.17, 15) is 0 Å². The monoisotopic (exact) mass is 356 g/mol. The summed E-state index contributed by atoms with van der Waals surface area (Å²) in [7, 11) is 2.07. The molecule has 3 heterocycles. The van der Waals surface area contributed by atoms with Crippen LogP contribution in [0.1, 0.15) is 18.3 Å². The molecule has 0 aliphatic carbocycles. The summed E-state index contributed by atoms with van der Waals surface area (Å²) >= 11 is 0. The van der Waals surface area contributed by atoms with Gasteiger partial charge in [0.25, 0.3) is 0 Å². The summed E-state index contributed by atoms with van der Waals surface area (Å²) in [5.41, 5.74) is 1.33. The summed E-state index contributed by atoms with van der Waals surface area (Å²) < 4.78 is 13.0. The average molecular weight is 356 g/mol. The molecule has 2 aromatic rings. The van der Waals surface area contributed by atoms with E-state index in [4.69, 9.17) is 9.47 Å². The Morgan fingerprint density at radius 2 is 1.85 bits per heavy atom. The minimum absolute atomic E-state index is 0.344. The van der Waals surface area contributed by atoms with Crippen LogP contribution in [0.15, 0.2) is 30.6 Å². The highest BCUT2D eigenvalue weighted by molar-refractivity contribution is 5.44. The van der Waals surface area contributed by atoms with Gasteiger partial charge >= 0.3 is 0 Å². The number of hydrogen-bond acceptors (Lipinski definition) is 5. The van der Waals surface area contributed by atoms with Gasteiger partial charge in [0, 0.05) is 52.2 Å². The quantitative estimate of drug-likeness (QED) is 0.793. The van der Waals surface area contributed by atoms with Crippen molar-refractivity contribution in [3.05, 3.63) is 42.0 Å².